The number of hydrogen-bond donors (Lipinski definition) is 0. The molecule has 0 amide bonds. The number of fused-ring (bicyclic) bond motifs is 14. The molecular formula is C62H42O. The molecule has 296 valence electrons. The summed E-state index contributed by atoms with van der Waals surface area (Å²) >= 11 is 0. The van der Waals surface area contributed by atoms with E-state index < -0.39 is 0 Å². The van der Waals surface area contributed by atoms with E-state index in [-0.39, 0.29) is 11.3 Å². The summed E-state index contributed by atoms with van der Waals surface area (Å²) in [6.45, 7) is 0. The smallest absolute Gasteiger partial charge is 0.143 e. The van der Waals surface area contributed by atoms with Gasteiger partial charge in [-0.1, -0.05) is 218 Å². The van der Waals surface area contributed by atoms with Gasteiger partial charge in [0.25, 0.3) is 0 Å². The zero-order chi connectivity index (χ0) is 41.5. The van der Waals surface area contributed by atoms with Crippen LogP contribution in [0.15, 0.2) is 229 Å². The van der Waals surface area contributed by atoms with Crippen LogP contribution in [0.3, 0.4) is 0 Å². The van der Waals surface area contributed by atoms with Crippen molar-refractivity contribution in [2.75, 3.05) is 0 Å². The Morgan fingerprint density at radius 1 is 0.365 bits per heavy atom. The van der Waals surface area contributed by atoms with Gasteiger partial charge in [-0.2, -0.15) is 0 Å². The van der Waals surface area contributed by atoms with Crippen molar-refractivity contribution in [2.45, 2.75) is 24.2 Å². The highest BCUT2D eigenvalue weighted by molar-refractivity contribution is 6.09. The lowest BCUT2D eigenvalue weighted by Gasteiger charge is -2.30. The third kappa shape index (κ3) is 5.43. The number of furan rings is 1. The Kier molecular flexibility index (Phi) is 8.08. The summed E-state index contributed by atoms with van der Waals surface area (Å²) in [5, 5.41) is 4.85. The number of benzene rings is 10. The van der Waals surface area contributed by atoms with Crippen molar-refractivity contribution in [1.82, 2.24) is 0 Å². The van der Waals surface area contributed by atoms with Gasteiger partial charge < -0.3 is 4.42 Å². The second-order valence-electron chi connectivity index (χ2n) is 17.4. The molecule has 1 heteroatoms. The van der Waals surface area contributed by atoms with Crippen molar-refractivity contribution < 1.29 is 4.42 Å². The Labute approximate surface area is 367 Å². The first-order chi connectivity index (χ1) is 31.2. The minimum atomic E-state index is -0.343. The average Bonchev–Trinajstić information content (AvgIpc) is 3.98. The Balaban J connectivity index is 0.899. The predicted molar refractivity (Wildman–Crippen MR) is 261 cm³/mol. The zero-order valence-corrected chi connectivity index (χ0v) is 34.8. The van der Waals surface area contributed by atoms with Crippen LogP contribution in [0.5, 0.6) is 0 Å². The van der Waals surface area contributed by atoms with Crippen molar-refractivity contribution in [3.05, 3.63) is 263 Å². The van der Waals surface area contributed by atoms with Gasteiger partial charge in [0.1, 0.15) is 11.2 Å². The Bertz CT molecular complexity index is 3500. The predicted octanol–water partition coefficient (Wildman–Crippen LogP) is 16.2. The van der Waals surface area contributed by atoms with E-state index in [9.17, 15) is 0 Å². The molecule has 11 aromatic rings. The van der Waals surface area contributed by atoms with Crippen LogP contribution >= 0.6 is 0 Å². The first-order valence-electron chi connectivity index (χ1n) is 22.3. The molecule has 0 radical (unpaired) electrons. The van der Waals surface area contributed by atoms with Crippen LogP contribution in [0.2, 0.25) is 0 Å². The SMILES string of the molecule is c1ccc2c(c1)-c1ccccc1C21c2ccccc2-c2ccc(CCC(c3ccc(-c4cccc5ccccc45)cc3)c3ccc(-c4cccc5c4oc4ccccc45)cc3)cc21. The van der Waals surface area contributed by atoms with E-state index in [0.717, 1.165) is 45.9 Å². The summed E-state index contributed by atoms with van der Waals surface area (Å²) < 4.78 is 6.47. The quantitative estimate of drug-likeness (QED) is 0.156. The molecule has 13 rings (SSSR count). The first-order valence-corrected chi connectivity index (χ1v) is 22.3. The van der Waals surface area contributed by atoms with E-state index in [1.54, 1.807) is 0 Å². The highest BCUT2D eigenvalue weighted by Gasteiger charge is 2.51. The van der Waals surface area contributed by atoms with Gasteiger partial charge in [0.2, 0.25) is 0 Å². The molecule has 1 atom stereocenters. The first kappa shape index (κ1) is 36.0. The molecule has 1 aromatic heterocycles. The molecule has 0 bridgehead atoms. The molecule has 10 aromatic carbocycles. The van der Waals surface area contributed by atoms with Gasteiger partial charge in [0.05, 0.1) is 5.41 Å². The van der Waals surface area contributed by atoms with Gasteiger partial charge in [-0.05, 0) is 108 Å². The summed E-state index contributed by atoms with van der Waals surface area (Å²) in [5.74, 6) is 0.190. The van der Waals surface area contributed by atoms with E-state index in [2.05, 4.69) is 218 Å². The molecule has 63 heavy (non-hydrogen) atoms. The molecule has 0 fully saturated rings. The Morgan fingerprint density at radius 2 is 0.857 bits per heavy atom. The third-order valence-corrected chi connectivity index (χ3v) is 14.2. The highest BCUT2D eigenvalue weighted by Crippen LogP contribution is 2.62. The standard InChI is InChI=1S/C62H42O/c1-2-15-47-41(13-1)14-11-20-48(47)44-33-29-42(30-34-44)46(43-31-35-45(36-32-43)49-21-12-22-55-54-19-6-10-26-60(54)63-61(49)55)37-27-40-28-38-53-52-18-5-9-25-58(52)62(59(53)39-40)56-23-7-3-16-50(56)51-17-4-8-24-57(51)62/h1-26,28-36,38-39,46H,27,37H2. The highest BCUT2D eigenvalue weighted by atomic mass is 16.3. The van der Waals surface area contributed by atoms with Crippen LogP contribution in [0, 0.1) is 0 Å². The van der Waals surface area contributed by atoms with Gasteiger partial charge >= 0.3 is 0 Å². The maximum atomic E-state index is 6.47. The summed E-state index contributed by atoms with van der Waals surface area (Å²) in [5.41, 5.74) is 21.2. The largest absolute Gasteiger partial charge is 0.455 e. The summed E-state index contributed by atoms with van der Waals surface area (Å²) in [7, 11) is 0. The van der Waals surface area contributed by atoms with Crippen LogP contribution in [0.25, 0.3) is 77.2 Å². The number of hydrogen-bond acceptors (Lipinski definition) is 1. The molecule has 0 N–H and O–H groups in total. The van der Waals surface area contributed by atoms with Gasteiger partial charge in [-0.15, -0.1) is 0 Å². The molecule has 1 heterocycles. The van der Waals surface area contributed by atoms with Crippen LogP contribution in [0.1, 0.15) is 51.3 Å². The van der Waals surface area contributed by atoms with Crippen molar-refractivity contribution in [2.24, 2.45) is 0 Å². The zero-order valence-electron chi connectivity index (χ0n) is 34.8. The lowest BCUT2D eigenvalue weighted by Crippen LogP contribution is -2.26. The fourth-order valence-electron chi connectivity index (χ4n) is 11.4. The van der Waals surface area contributed by atoms with Gasteiger partial charge in [-0.25, -0.2) is 0 Å². The summed E-state index contributed by atoms with van der Waals surface area (Å²) in [4.78, 5) is 0. The van der Waals surface area contributed by atoms with E-state index in [1.165, 1.54) is 83.1 Å². The van der Waals surface area contributed by atoms with E-state index in [4.69, 9.17) is 4.42 Å². The summed E-state index contributed by atoms with van der Waals surface area (Å²) in [6, 6.07) is 83.4. The molecule has 1 nitrogen and oxygen atoms in total. The van der Waals surface area contributed by atoms with Crippen LogP contribution < -0.4 is 0 Å². The molecule has 0 aliphatic heterocycles. The van der Waals surface area contributed by atoms with Crippen molar-refractivity contribution >= 4 is 32.7 Å². The molecule has 1 unspecified atom stereocenters. The lowest BCUT2D eigenvalue weighted by molar-refractivity contribution is 0.670. The molecular weight excluding hydrogens is 761 g/mol. The number of rotatable bonds is 7. The fourth-order valence-corrected chi connectivity index (χ4v) is 11.4. The van der Waals surface area contributed by atoms with Crippen LogP contribution in [-0.4, -0.2) is 0 Å². The van der Waals surface area contributed by atoms with E-state index >= 15 is 0 Å². The van der Waals surface area contributed by atoms with Gasteiger partial charge in [0, 0.05) is 22.3 Å². The maximum absolute atomic E-state index is 6.47. The topological polar surface area (TPSA) is 13.1 Å². The summed E-state index contributed by atoms with van der Waals surface area (Å²) in [6.07, 6.45) is 1.91. The average molecular weight is 803 g/mol. The number of aryl methyl sites for hydroxylation is 1. The minimum Gasteiger partial charge on any atom is -0.455 e. The molecule has 0 saturated carbocycles. The molecule has 0 saturated heterocycles. The third-order valence-electron chi connectivity index (χ3n) is 14.2. The van der Waals surface area contributed by atoms with E-state index in [1.807, 2.05) is 6.07 Å². The Hall–Kier alpha value is -7.74. The molecule has 2 aliphatic carbocycles. The monoisotopic (exact) mass is 802 g/mol. The van der Waals surface area contributed by atoms with Crippen LogP contribution in [-0.2, 0) is 11.8 Å². The van der Waals surface area contributed by atoms with Crippen molar-refractivity contribution in [1.29, 1.82) is 0 Å². The normalized spacial score (nSPS) is 13.6. The minimum absolute atomic E-state index is 0.190. The molecule has 2 aliphatic rings. The molecule has 1 spiro atoms. The second kappa shape index (κ2) is 14.2. The van der Waals surface area contributed by atoms with E-state index in [0.29, 0.717) is 0 Å². The van der Waals surface area contributed by atoms with Crippen molar-refractivity contribution in [3.63, 3.8) is 0 Å². The lowest BCUT2D eigenvalue weighted by atomic mass is 9.70. The fraction of sp³-hybridized carbons (Fsp3) is 0.0645. The second-order valence-corrected chi connectivity index (χ2v) is 17.4. The Morgan fingerprint density at radius 3 is 1.54 bits per heavy atom. The number of para-hydroxylation sites is 2. The van der Waals surface area contributed by atoms with Gasteiger partial charge in [-0.3, -0.25) is 0 Å². The van der Waals surface area contributed by atoms with Crippen LogP contribution in [0.4, 0.5) is 0 Å². The van der Waals surface area contributed by atoms with Gasteiger partial charge in [0.15, 0.2) is 0 Å². The maximum Gasteiger partial charge on any atom is 0.143 e. The van der Waals surface area contributed by atoms with Crippen molar-refractivity contribution in [3.8, 4) is 44.5 Å².